The van der Waals surface area contributed by atoms with Gasteiger partial charge in [0.2, 0.25) is 0 Å². The van der Waals surface area contributed by atoms with Gasteiger partial charge in [-0.3, -0.25) is 4.99 Å². The zero-order chi connectivity index (χ0) is 17.5. The molecule has 1 aromatic rings. The van der Waals surface area contributed by atoms with E-state index in [9.17, 15) is 0 Å². The lowest BCUT2D eigenvalue weighted by atomic mass is 9.64. The van der Waals surface area contributed by atoms with E-state index in [1.54, 1.807) is 0 Å². The third-order valence-electron chi connectivity index (χ3n) is 5.86. The van der Waals surface area contributed by atoms with E-state index in [1.165, 1.54) is 50.8 Å². The number of guanidine groups is 1. The monoisotopic (exact) mass is 470 g/mol. The van der Waals surface area contributed by atoms with Crippen LogP contribution in [0, 0.1) is 5.92 Å². The molecule has 3 rings (SSSR count). The largest absolute Gasteiger partial charge is 0.357 e. The minimum absolute atomic E-state index is 0. The highest BCUT2D eigenvalue weighted by atomic mass is 127. The van der Waals surface area contributed by atoms with Crippen LogP contribution in [0.1, 0.15) is 44.6 Å². The Morgan fingerprint density at radius 3 is 2.58 bits per heavy atom. The Bertz CT molecular complexity index is 556. The normalized spacial score (nSPS) is 22.8. The fourth-order valence-corrected chi connectivity index (χ4v) is 4.19. The van der Waals surface area contributed by atoms with Crippen molar-refractivity contribution in [2.45, 2.75) is 44.4 Å². The number of likely N-dealkylation sites (tertiary alicyclic amines) is 1. The number of hydrogen-bond acceptors (Lipinski definition) is 2. The number of aliphatic imine (C=N–C) groups is 1. The number of nitrogens with one attached hydrogen (secondary N) is 2. The Labute approximate surface area is 176 Å². The first-order valence-electron chi connectivity index (χ1n) is 9.98. The summed E-state index contributed by atoms with van der Waals surface area (Å²) in [5.41, 5.74) is 1.71. The standard InChI is InChI=1S/C21H34N4.HI/c1-3-22-20(23-15-18-9-7-14-25(2)16-18)24-17-21(12-8-13-21)19-10-5-4-6-11-19;/h4-6,10-11,18H,3,7-9,12-17H2,1-2H3,(H2,22,23,24);1H. The second kappa shape index (κ2) is 10.5. The molecule has 26 heavy (non-hydrogen) atoms. The summed E-state index contributed by atoms with van der Waals surface area (Å²) >= 11 is 0. The van der Waals surface area contributed by atoms with Crippen LogP contribution in [-0.2, 0) is 5.41 Å². The molecule has 0 radical (unpaired) electrons. The Morgan fingerprint density at radius 2 is 1.96 bits per heavy atom. The van der Waals surface area contributed by atoms with Gasteiger partial charge in [0.1, 0.15) is 0 Å². The summed E-state index contributed by atoms with van der Waals surface area (Å²) in [7, 11) is 2.23. The van der Waals surface area contributed by atoms with Crippen molar-refractivity contribution in [3.05, 3.63) is 35.9 Å². The van der Waals surface area contributed by atoms with Crippen LogP contribution < -0.4 is 10.6 Å². The van der Waals surface area contributed by atoms with Crippen molar-refractivity contribution in [2.75, 3.05) is 39.8 Å². The molecule has 5 heteroatoms. The Kier molecular flexibility index (Phi) is 8.67. The molecule has 1 saturated heterocycles. The molecule has 1 atom stereocenters. The van der Waals surface area contributed by atoms with Gasteiger partial charge >= 0.3 is 0 Å². The first kappa shape index (κ1) is 21.5. The SMILES string of the molecule is CCNC(=NCC1(c2ccccc2)CCC1)NCC1CCCN(C)C1.I. The summed E-state index contributed by atoms with van der Waals surface area (Å²) in [5.74, 6) is 1.72. The van der Waals surface area contributed by atoms with Gasteiger partial charge in [0.05, 0.1) is 6.54 Å². The Morgan fingerprint density at radius 1 is 1.19 bits per heavy atom. The third-order valence-corrected chi connectivity index (χ3v) is 5.86. The van der Waals surface area contributed by atoms with Gasteiger partial charge in [-0.1, -0.05) is 36.8 Å². The molecule has 146 valence electrons. The highest BCUT2D eigenvalue weighted by Gasteiger charge is 2.38. The fourth-order valence-electron chi connectivity index (χ4n) is 4.19. The third kappa shape index (κ3) is 5.59. The van der Waals surface area contributed by atoms with E-state index in [-0.39, 0.29) is 29.4 Å². The van der Waals surface area contributed by atoms with E-state index in [0.717, 1.165) is 31.5 Å². The van der Waals surface area contributed by atoms with E-state index in [2.05, 4.69) is 59.8 Å². The van der Waals surface area contributed by atoms with Crippen molar-refractivity contribution in [3.8, 4) is 0 Å². The molecule has 1 heterocycles. The van der Waals surface area contributed by atoms with Crippen molar-refractivity contribution in [1.82, 2.24) is 15.5 Å². The first-order valence-corrected chi connectivity index (χ1v) is 9.98. The maximum absolute atomic E-state index is 4.97. The number of hydrogen-bond donors (Lipinski definition) is 2. The molecule has 2 fully saturated rings. The summed E-state index contributed by atoms with van der Waals surface area (Å²) in [6.45, 7) is 7.40. The molecule has 0 amide bonds. The van der Waals surface area contributed by atoms with Crippen molar-refractivity contribution in [3.63, 3.8) is 0 Å². The number of rotatable bonds is 6. The Hall–Kier alpha value is -0.820. The topological polar surface area (TPSA) is 39.7 Å². The first-order chi connectivity index (χ1) is 12.2. The zero-order valence-electron chi connectivity index (χ0n) is 16.3. The molecule has 1 aromatic carbocycles. The molecule has 2 N–H and O–H groups in total. The van der Waals surface area contributed by atoms with Crippen molar-refractivity contribution >= 4 is 29.9 Å². The summed E-state index contributed by atoms with van der Waals surface area (Å²) in [5, 5.41) is 7.03. The Balaban J connectivity index is 0.00000243. The van der Waals surface area contributed by atoms with Gasteiger partial charge < -0.3 is 15.5 Å². The molecule has 0 aromatic heterocycles. The minimum Gasteiger partial charge on any atom is -0.357 e. The van der Waals surface area contributed by atoms with E-state index < -0.39 is 0 Å². The van der Waals surface area contributed by atoms with E-state index >= 15 is 0 Å². The second-order valence-electron chi connectivity index (χ2n) is 7.85. The molecule has 4 nitrogen and oxygen atoms in total. The quantitative estimate of drug-likeness (QED) is 0.379. The lowest BCUT2D eigenvalue weighted by Gasteiger charge is -2.41. The number of piperidine rings is 1. The highest BCUT2D eigenvalue weighted by molar-refractivity contribution is 14.0. The predicted octanol–water partition coefficient (Wildman–Crippen LogP) is 3.62. The number of halogens is 1. The van der Waals surface area contributed by atoms with Crippen LogP contribution in [0.25, 0.3) is 0 Å². The molecule has 1 saturated carbocycles. The van der Waals surface area contributed by atoms with Gasteiger partial charge in [0.15, 0.2) is 5.96 Å². The van der Waals surface area contributed by atoms with E-state index in [0.29, 0.717) is 0 Å². The smallest absolute Gasteiger partial charge is 0.191 e. The van der Waals surface area contributed by atoms with E-state index in [1.807, 2.05) is 0 Å². The van der Waals surface area contributed by atoms with E-state index in [4.69, 9.17) is 4.99 Å². The maximum Gasteiger partial charge on any atom is 0.191 e. The zero-order valence-corrected chi connectivity index (χ0v) is 18.7. The van der Waals surface area contributed by atoms with Crippen LogP contribution in [0.15, 0.2) is 35.3 Å². The molecule has 1 aliphatic heterocycles. The summed E-state index contributed by atoms with van der Waals surface area (Å²) < 4.78 is 0. The molecule has 1 aliphatic carbocycles. The molecular formula is C21H35IN4. The van der Waals surface area contributed by atoms with Crippen molar-refractivity contribution in [1.29, 1.82) is 0 Å². The van der Waals surface area contributed by atoms with Gasteiger partial charge in [0, 0.05) is 25.0 Å². The lowest BCUT2D eigenvalue weighted by Crippen LogP contribution is -2.45. The van der Waals surface area contributed by atoms with Gasteiger partial charge in [0.25, 0.3) is 0 Å². The highest BCUT2D eigenvalue weighted by Crippen LogP contribution is 2.43. The molecule has 2 aliphatic rings. The van der Waals surface area contributed by atoms with Gasteiger partial charge in [-0.2, -0.15) is 0 Å². The van der Waals surface area contributed by atoms with Crippen LogP contribution in [0.5, 0.6) is 0 Å². The van der Waals surface area contributed by atoms with Gasteiger partial charge in [-0.05, 0) is 57.7 Å². The molecule has 0 spiro atoms. The van der Waals surface area contributed by atoms with Crippen LogP contribution >= 0.6 is 24.0 Å². The van der Waals surface area contributed by atoms with Gasteiger partial charge in [-0.25, -0.2) is 0 Å². The molecule has 1 unspecified atom stereocenters. The van der Waals surface area contributed by atoms with Crippen LogP contribution in [0.4, 0.5) is 0 Å². The van der Waals surface area contributed by atoms with Crippen molar-refractivity contribution in [2.24, 2.45) is 10.9 Å². The van der Waals surface area contributed by atoms with Crippen LogP contribution in [0.3, 0.4) is 0 Å². The maximum atomic E-state index is 4.97. The average Bonchev–Trinajstić information content (AvgIpc) is 2.59. The second-order valence-corrected chi connectivity index (χ2v) is 7.85. The predicted molar refractivity (Wildman–Crippen MR) is 122 cm³/mol. The summed E-state index contributed by atoms with van der Waals surface area (Å²) in [6.07, 6.45) is 6.47. The fraction of sp³-hybridized carbons (Fsp3) is 0.667. The summed E-state index contributed by atoms with van der Waals surface area (Å²) in [4.78, 5) is 7.41. The number of benzene rings is 1. The van der Waals surface area contributed by atoms with Gasteiger partial charge in [-0.15, -0.1) is 24.0 Å². The van der Waals surface area contributed by atoms with Crippen LogP contribution in [0.2, 0.25) is 0 Å². The van der Waals surface area contributed by atoms with Crippen molar-refractivity contribution < 1.29 is 0 Å². The average molecular weight is 470 g/mol. The van der Waals surface area contributed by atoms with Crippen LogP contribution in [-0.4, -0.2) is 50.6 Å². The molecule has 0 bridgehead atoms. The number of nitrogens with zero attached hydrogens (tertiary/aromatic N) is 2. The minimum atomic E-state index is 0. The molecular weight excluding hydrogens is 435 g/mol. The lowest BCUT2D eigenvalue weighted by molar-refractivity contribution is 0.210. The summed E-state index contributed by atoms with van der Waals surface area (Å²) in [6, 6.07) is 11.0.